The van der Waals surface area contributed by atoms with E-state index in [1.54, 1.807) is 24.3 Å². The third-order valence-corrected chi connectivity index (χ3v) is 2.71. The van der Waals surface area contributed by atoms with Crippen molar-refractivity contribution in [3.63, 3.8) is 0 Å². The lowest BCUT2D eigenvalue weighted by atomic mass is 10.2. The molecule has 5 nitrogen and oxygen atoms in total. The van der Waals surface area contributed by atoms with Gasteiger partial charge in [-0.1, -0.05) is 11.6 Å². The number of carbonyl (C=O) groups excluding carboxylic acids is 1. The first-order valence-corrected chi connectivity index (χ1v) is 5.71. The van der Waals surface area contributed by atoms with Gasteiger partial charge in [0.1, 0.15) is 0 Å². The number of aromatic nitrogens is 1. The highest BCUT2D eigenvalue weighted by Gasteiger charge is 2.12. The number of nitrogens with zero attached hydrogens (tertiary/aromatic N) is 2. The average molecular weight is 273 g/mol. The minimum atomic E-state index is -0.454. The summed E-state index contributed by atoms with van der Waals surface area (Å²) in [5, 5.41) is 11.6. The zero-order valence-electron chi connectivity index (χ0n) is 9.72. The van der Waals surface area contributed by atoms with Crippen molar-refractivity contribution in [2.45, 2.75) is 0 Å². The second-order valence-corrected chi connectivity index (χ2v) is 4.11. The van der Waals surface area contributed by atoms with E-state index in [9.17, 15) is 4.79 Å². The zero-order valence-corrected chi connectivity index (χ0v) is 10.5. The quantitative estimate of drug-likeness (QED) is 0.878. The molecule has 0 atom stereocenters. The van der Waals surface area contributed by atoms with E-state index in [1.807, 2.05) is 6.07 Å². The van der Waals surface area contributed by atoms with Crippen LogP contribution in [0, 0.1) is 11.3 Å². The molecule has 3 N–H and O–H groups in total. The Balaban J connectivity index is 2.25. The van der Waals surface area contributed by atoms with Crippen LogP contribution < -0.4 is 11.1 Å². The van der Waals surface area contributed by atoms with Crippen molar-refractivity contribution in [2.24, 2.45) is 0 Å². The van der Waals surface area contributed by atoms with Crippen LogP contribution in [0.1, 0.15) is 16.1 Å². The molecule has 0 unspecified atom stereocenters. The van der Waals surface area contributed by atoms with Crippen LogP contribution >= 0.6 is 11.6 Å². The van der Waals surface area contributed by atoms with Crippen molar-refractivity contribution >= 4 is 28.9 Å². The number of halogens is 1. The summed E-state index contributed by atoms with van der Waals surface area (Å²) >= 11 is 5.96. The molecule has 0 fully saturated rings. The van der Waals surface area contributed by atoms with Gasteiger partial charge in [-0.15, -0.1) is 0 Å². The molecule has 0 aliphatic rings. The van der Waals surface area contributed by atoms with Gasteiger partial charge < -0.3 is 11.1 Å². The first-order chi connectivity index (χ1) is 9.11. The second-order valence-electron chi connectivity index (χ2n) is 3.70. The molecular weight excluding hydrogens is 264 g/mol. The van der Waals surface area contributed by atoms with Crippen molar-refractivity contribution in [3.8, 4) is 6.07 Å². The molecule has 2 aromatic rings. The van der Waals surface area contributed by atoms with E-state index in [0.717, 1.165) is 0 Å². The van der Waals surface area contributed by atoms with Crippen molar-refractivity contribution in [3.05, 3.63) is 52.8 Å². The minimum absolute atomic E-state index is 0.128. The Kier molecular flexibility index (Phi) is 3.64. The molecule has 0 saturated carbocycles. The summed E-state index contributed by atoms with van der Waals surface area (Å²) in [6.07, 6.45) is 1.48. The van der Waals surface area contributed by atoms with Crippen molar-refractivity contribution in [1.82, 2.24) is 4.98 Å². The molecule has 1 amide bonds. The molecular formula is C13H9ClN4O. The highest BCUT2D eigenvalue weighted by molar-refractivity contribution is 6.34. The Morgan fingerprint density at radius 3 is 2.84 bits per heavy atom. The summed E-state index contributed by atoms with van der Waals surface area (Å²) < 4.78 is 0. The summed E-state index contributed by atoms with van der Waals surface area (Å²) in [6.45, 7) is 0. The van der Waals surface area contributed by atoms with Gasteiger partial charge in [0.15, 0.2) is 5.69 Å². The normalized spacial score (nSPS) is 9.68. The molecule has 6 heteroatoms. The number of rotatable bonds is 2. The average Bonchev–Trinajstić information content (AvgIpc) is 2.41. The summed E-state index contributed by atoms with van der Waals surface area (Å²) in [6, 6.07) is 9.77. The standard InChI is InChI=1S/C13H9ClN4O/c14-9-6-8(7-15)3-4-11(9)18-13(19)12-10(16)2-1-5-17-12/h1-6H,16H2,(H,18,19). The SMILES string of the molecule is N#Cc1ccc(NC(=O)c2ncccc2N)c(Cl)c1. The van der Waals surface area contributed by atoms with Gasteiger partial charge in [0.25, 0.3) is 5.91 Å². The third-order valence-electron chi connectivity index (χ3n) is 2.40. The monoisotopic (exact) mass is 272 g/mol. The number of hydrogen-bond acceptors (Lipinski definition) is 4. The molecule has 94 valence electrons. The Morgan fingerprint density at radius 2 is 2.21 bits per heavy atom. The van der Waals surface area contributed by atoms with Crippen LogP contribution in [0.2, 0.25) is 5.02 Å². The summed E-state index contributed by atoms with van der Waals surface area (Å²) in [7, 11) is 0. The first-order valence-electron chi connectivity index (χ1n) is 5.33. The van der Waals surface area contributed by atoms with Crippen LogP contribution in [0.15, 0.2) is 36.5 Å². The highest BCUT2D eigenvalue weighted by atomic mass is 35.5. The van der Waals surface area contributed by atoms with Crippen LogP contribution in [0.4, 0.5) is 11.4 Å². The van der Waals surface area contributed by atoms with E-state index in [4.69, 9.17) is 22.6 Å². The summed E-state index contributed by atoms with van der Waals surface area (Å²) in [5.41, 5.74) is 6.89. The lowest BCUT2D eigenvalue weighted by molar-refractivity contribution is 0.102. The van der Waals surface area contributed by atoms with Crippen LogP contribution in [-0.4, -0.2) is 10.9 Å². The van der Waals surface area contributed by atoms with Gasteiger partial charge >= 0.3 is 0 Å². The molecule has 0 radical (unpaired) electrons. The predicted octanol–water partition coefficient (Wildman–Crippen LogP) is 2.44. The second kappa shape index (κ2) is 5.38. The van der Waals surface area contributed by atoms with Crippen LogP contribution in [0.5, 0.6) is 0 Å². The first kappa shape index (κ1) is 12.9. The molecule has 0 spiro atoms. The van der Waals surface area contributed by atoms with Crippen molar-refractivity contribution in [1.29, 1.82) is 5.26 Å². The Bertz CT molecular complexity index is 679. The zero-order chi connectivity index (χ0) is 13.8. The van der Waals surface area contributed by atoms with Gasteiger partial charge in [0, 0.05) is 6.20 Å². The lowest BCUT2D eigenvalue weighted by Gasteiger charge is -2.08. The number of nitrogen functional groups attached to an aromatic ring is 1. The molecule has 1 aromatic carbocycles. The maximum absolute atomic E-state index is 12.0. The molecule has 19 heavy (non-hydrogen) atoms. The number of carbonyl (C=O) groups is 1. The number of hydrogen-bond donors (Lipinski definition) is 2. The van der Waals surface area contributed by atoms with E-state index in [0.29, 0.717) is 11.3 Å². The summed E-state index contributed by atoms with van der Waals surface area (Å²) in [5.74, 6) is -0.454. The summed E-state index contributed by atoms with van der Waals surface area (Å²) in [4.78, 5) is 15.9. The van der Waals surface area contributed by atoms with E-state index in [1.165, 1.54) is 12.3 Å². The van der Waals surface area contributed by atoms with E-state index >= 15 is 0 Å². The Labute approximate surface area is 114 Å². The molecule has 0 bridgehead atoms. The van der Waals surface area contributed by atoms with E-state index < -0.39 is 5.91 Å². The van der Waals surface area contributed by atoms with Crippen LogP contribution in [0.25, 0.3) is 0 Å². The van der Waals surface area contributed by atoms with Crippen molar-refractivity contribution in [2.75, 3.05) is 11.1 Å². The van der Waals surface area contributed by atoms with Crippen LogP contribution in [0.3, 0.4) is 0 Å². The molecule has 0 saturated heterocycles. The van der Waals surface area contributed by atoms with E-state index in [-0.39, 0.29) is 16.4 Å². The van der Waals surface area contributed by atoms with Gasteiger partial charge in [-0.2, -0.15) is 5.26 Å². The highest BCUT2D eigenvalue weighted by Crippen LogP contribution is 2.23. The molecule has 2 rings (SSSR count). The van der Waals surface area contributed by atoms with Gasteiger partial charge in [-0.05, 0) is 30.3 Å². The number of amides is 1. The van der Waals surface area contributed by atoms with Crippen molar-refractivity contribution < 1.29 is 4.79 Å². The number of nitrogens with two attached hydrogens (primary N) is 1. The topological polar surface area (TPSA) is 91.8 Å². The molecule has 0 aliphatic carbocycles. The van der Waals surface area contributed by atoms with Gasteiger partial charge in [0.2, 0.25) is 0 Å². The maximum Gasteiger partial charge on any atom is 0.276 e. The van der Waals surface area contributed by atoms with Gasteiger partial charge in [-0.3, -0.25) is 4.79 Å². The fourth-order valence-corrected chi connectivity index (χ4v) is 1.70. The number of nitrogens with one attached hydrogen (secondary N) is 1. The Morgan fingerprint density at radius 1 is 1.42 bits per heavy atom. The number of benzene rings is 1. The fourth-order valence-electron chi connectivity index (χ4n) is 1.48. The van der Waals surface area contributed by atoms with Gasteiger partial charge in [0.05, 0.1) is 28.0 Å². The number of nitriles is 1. The largest absolute Gasteiger partial charge is 0.397 e. The smallest absolute Gasteiger partial charge is 0.276 e. The van der Waals surface area contributed by atoms with Gasteiger partial charge in [-0.25, -0.2) is 4.98 Å². The maximum atomic E-state index is 12.0. The number of pyridine rings is 1. The Hall–Kier alpha value is -2.58. The molecule has 0 aliphatic heterocycles. The lowest BCUT2D eigenvalue weighted by Crippen LogP contribution is -2.16. The molecule has 1 aromatic heterocycles. The van der Waals surface area contributed by atoms with E-state index in [2.05, 4.69) is 10.3 Å². The fraction of sp³-hybridized carbons (Fsp3) is 0. The minimum Gasteiger partial charge on any atom is -0.397 e. The number of anilines is 2. The molecule has 1 heterocycles. The van der Waals surface area contributed by atoms with Crippen LogP contribution in [-0.2, 0) is 0 Å². The third kappa shape index (κ3) is 2.81. The predicted molar refractivity (Wildman–Crippen MR) is 72.8 cm³/mol.